The second kappa shape index (κ2) is 8.95. The van der Waals surface area contributed by atoms with E-state index in [0.717, 1.165) is 16.9 Å². The number of halogens is 3. The molecule has 0 aliphatic rings. The molecular formula is C22H20Cl3NO2. The van der Waals surface area contributed by atoms with Crippen LogP contribution in [0.25, 0.3) is 0 Å². The van der Waals surface area contributed by atoms with E-state index >= 15 is 0 Å². The van der Waals surface area contributed by atoms with Gasteiger partial charge in [-0.25, -0.2) is 0 Å². The van der Waals surface area contributed by atoms with Gasteiger partial charge in [-0.3, -0.25) is 0 Å². The molecule has 0 saturated carbocycles. The third-order valence-electron chi connectivity index (χ3n) is 4.20. The first-order chi connectivity index (χ1) is 13.4. The van der Waals surface area contributed by atoms with E-state index in [9.17, 15) is 0 Å². The van der Waals surface area contributed by atoms with Crippen molar-refractivity contribution in [2.45, 2.75) is 26.4 Å². The van der Waals surface area contributed by atoms with E-state index in [1.165, 1.54) is 6.07 Å². The highest BCUT2D eigenvalue weighted by Crippen LogP contribution is 2.44. The molecule has 146 valence electrons. The second-order valence-electron chi connectivity index (χ2n) is 6.64. The Morgan fingerprint density at radius 3 is 2.32 bits per heavy atom. The SMILES string of the molecule is CC(C)c1cc(Oc2c(Cl)cc(N)c(Cl)c2Cl)ccc1OCc1ccccc1. The predicted molar refractivity (Wildman–Crippen MR) is 117 cm³/mol. The Morgan fingerprint density at radius 2 is 1.64 bits per heavy atom. The lowest BCUT2D eigenvalue weighted by Crippen LogP contribution is -2.00. The topological polar surface area (TPSA) is 44.5 Å². The summed E-state index contributed by atoms with van der Waals surface area (Å²) in [6, 6.07) is 17.2. The van der Waals surface area contributed by atoms with E-state index in [4.69, 9.17) is 50.0 Å². The maximum atomic E-state index is 6.26. The van der Waals surface area contributed by atoms with Gasteiger partial charge in [0.2, 0.25) is 0 Å². The lowest BCUT2D eigenvalue weighted by molar-refractivity contribution is 0.301. The zero-order chi connectivity index (χ0) is 20.3. The van der Waals surface area contributed by atoms with Gasteiger partial charge in [0.1, 0.15) is 23.1 Å². The Hall–Kier alpha value is -2.07. The summed E-state index contributed by atoms with van der Waals surface area (Å²) < 4.78 is 12.0. The number of hydrogen-bond donors (Lipinski definition) is 1. The van der Waals surface area contributed by atoms with Gasteiger partial charge in [-0.1, -0.05) is 79.0 Å². The minimum Gasteiger partial charge on any atom is -0.489 e. The molecule has 3 aromatic rings. The van der Waals surface area contributed by atoms with Crippen LogP contribution in [0, 0.1) is 0 Å². The first-order valence-electron chi connectivity index (χ1n) is 8.78. The number of rotatable bonds is 6. The predicted octanol–water partition coefficient (Wildman–Crippen LogP) is 7.72. The quantitative estimate of drug-likeness (QED) is 0.317. The van der Waals surface area contributed by atoms with Gasteiger partial charge in [-0.2, -0.15) is 0 Å². The number of nitrogens with two attached hydrogens (primary N) is 1. The molecule has 0 aromatic heterocycles. The maximum Gasteiger partial charge on any atom is 0.166 e. The summed E-state index contributed by atoms with van der Waals surface area (Å²) in [5, 5.41) is 0.692. The van der Waals surface area contributed by atoms with Crippen molar-refractivity contribution in [1.29, 1.82) is 0 Å². The summed E-state index contributed by atoms with van der Waals surface area (Å²) in [6.45, 7) is 4.68. The molecule has 0 amide bonds. The zero-order valence-corrected chi connectivity index (χ0v) is 17.8. The fraction of sp³-hybridized carbons (Fsp3) is 0.182. The standard InChI is InChI=1S/C22H20Cl3NO2/c1-13(2)16-10-15(28-22-17(23)11-18(26)20(24)21(22)25)8-9-19(16)27-12-14-6-4-3-5-7-14/h3-11,13H,12,26H2,1-2H3. The van der Waals surface area contributed by atoms with Crippen LogP contribution in [0.1, 0.15) is 30.9 Å². The van der Waals surface area contributed by atoms with Crippen LogP contribution in [-0.4, -0.2) is 0 Å². The number of benzene rings is 3. The summed E-state index contributed by atoms with van der Waals surface area (Å²) in [4.78, 5) is 0. The summed E-state index contributed by atoms with van der Waals surface area (Å²) in [5.74, 6) is 1.89. The summed E-state index contributed by atoms with van der Waals surface area (Å²) in [6.07, 6.45) is 0. The lowest BCUT2D eigenvalue weighted by atomic mass is 10.0. The number of ether oxygens (including phenoxy) is 2. The molecule has 3 rings (SSSR count). The van der Waals surface area contributed by atoms with Gasteiger partial charge in [0, 0.05) is 5.56 Å². The molecule has 3 aromatic carbocycles. The summed E-state index contributed by atoms with van der Waals surface area (Å²) >= 11 is 18.6. The first-order valence-corrected chi connectivity index (χ1v) is 9.91. The molecule has 0 heterocycles. The van der Waals surface area contributed by atoms with Crippen LogP contribution < -0.4 is 15.2 Å². The van der Waals surface area contributed by atoms with E-state index in [1.54, 1.807) is 0 Å². The molecule has 2 N–H and O–H groups in total. The number of anilines is 1. The third-order valence-corrected chi connectivity index (χ3v) is 5.35. The van der Waals surface area contributed by atoms with E-state index < -0.39 is 0 Å². The molecule has 3 nitrogen and oxygen atoms in total. The molecule has 0 spiro atoms. The van der Waals surface area contributed by atoms with E-state index in [2.05, 4.69) is 13.8 Å². The molecule has 0 radical (unpaired) electrons. The molecule has 0 unspecified atom stereocenters. The van der Waals surface area contributed by atoms with Crippen molar-refractivity contribution in [3.63, 3.8) is 0 Å². The van der Waals surface area contributed by atoms with Gasteiger partial charge in [-0.15, -0.1) is 0 Å². The fourth-order valence-electron chi connectivity index (χ4n) is 2.72. The second-order valence-corrected chi connectivity index (χ2v) is 7.80. The average Bonchev–Trinajstić information content (AvgIpc) is 2.69. The highest BCUT2D eigenvalue weighted by atomic mass is 35.5. The van der Waals surface area contributed by atoms with E-state index in [1.807, 2.05) is 48.5 Å². The van der Waals surface area contributed by atoms with Gasteiger partial charge in [-0.05, 0) is 35.7 Å². The molecule has 0 atom stereocenters. The Labute approximate surface area is 179 Å². The van der Waals surface area contributed by atoms with Gasteiger partial charge in [0.05, 0.1) is 15.7 Å². The molecule has 0 fully saturated rings. The summed E-state index contributed by atoms with van der Waals surface area (Å²) in [5.41, 5.74) is 8.20. The van der Waals surface area contributed by atoms with Crippen molar-refractivity contribution in [3.8, 4) is 17.2 Å². The molecular weight excluding hydrogens is 417 g/mol. The van der Waals surface area contributed by atoms with Gasteiger partial charge < -0.3 is 15.2 Å². The smallest absolute Gasteiger partial charge is 0.166 e. The molecule has 28 heavy (non-hydrogen) atoms. The molecule has 6 heteroatoms. The Kier molecular flexibility index (Phi) is 6.61. The van der Waals surface area contributed by atoms with E-state index in [0.29, 0.717) is 23.1 Å². The van der Waals surface area contributed by atoms with Crippen molar-refractivity contribution in [2.24, 2.45) is 0 Å². The van der Waals surface area contributed by atoms with Crippen molar-refractivity contribution in [3.05, 3.63) is 80.8 Å². The monoisotopic (exact) mass is 435 g/mol. The minimum absolute atomic E-state index is 0.183. The van der Waals surface area contributed by atoms with Crippen LogP contribution in [0.2, 0.25) is 15.1 Å². The normalized spacial score (nSPS) is 10.9. The Balaban J connectivity index is 1.86. The van der Waals surface area contributed by atoms with Crippen LogP contribution in [0.3, 0.4) is 0 Å². The van der Waals surface area contributed by atoms with Crippen molar-refractivity contribution in [2.75, 3.05) is 5.73 Å². The number of hydrogen-bond acceptors (Lipinski definition) is 3. The highest BCUT2D eigenvalue weighted by molar-refractivity contribution is 6.46. The number of nitrogen functional groups attached to an aromatic ring is 1. The highest BCUT2D eigenvalue weighted by Gasteiger charge is 2.17. The fourth-order valence-corrected chi connectivity index (χ4v) is 3.40. The van der Waals surface area contributed by atoms with Gasteiger partial charge in [0.15, 0.2) is 5.75 Å². The lowest BCUT2D eigenvalue weighted by Gasteiger charge is -2.17. The molecule has 0 aliphatic carbocycles. The third kappa shape index (κ3) is 4.67. The molecule has 0 bridgehead atoms. The Morgan fingerprint density at radius 1 is 0.929 bits per heavy atom. The van der Waals surface area contributed by atoms with Crippen LogP contribution >= 0.6 is 34.8 Å². The average molecular weight is 437 g/mol. The van der Waals surface area contributed by atoms with Crippen molar-refractivity contribution >= 4 is 40.5 Å². The minimum atomic E-state index is 0.183. The van der Waals surface area contributed by atoms with Crippen molar-refractivity contribution in [1.82, 2.24) is 0 Å². The largest absolute Gasteiger partial charge is 0.489 e. The maximum absolute atomic E-state index is 6.26. The molecule has 0 aliphatic heterocycles. The van der Waals surface area contributed by atoms with Gasteiger partial charge >= 0.3 is 0 Å². The Bertz CT molecular complexity index is 975. The van der Waals surface area contributed by atoms with Crippen molar-refractivity contribution < 1.29 is 9.47 Å². The van der Waals surface area contributed by atoms with E-state index in [-0.39, 0.29) is 21.7 Å². The zero-order valence-electron chi connectivity index (χ0n) is 15.5. The van der Waals surface area contributed by atoms with Gasteiger partial charge in [0.25, 0.3) is 0 Å². The van der Waals surface area contributed by atoms with Crippen LogP contribution in [0.4, 0.5) is 5.69 Å². The van der Waals surface area contributed by atoms with Crippen LogP contribution in [-0.2, 0) is 6.61 Å². The first kappa shape index (κ1) is 20.7. The molecule has 0 saturated heterocycles. The van der Waals surface area contributed by atoms with Crippen LogP contribution in [0.15, 0.2) is 54.6 Å². The summed E-state index contributed by atoms with van der Waals surface area (Å²) in [7, 11) is 0. The van der Waals surface area contributed by atoms with Crippen LogP contribution in [0.5, 0.6) is 17.2 Å².